The summed E-state index contributed by atoms with van der Waals surface area (Å²) in [4.78, 5) is 12.0. The molecule has 4 atom stereocenters. The van der Waals surface area contributed by atoms with Gasteiger partial charge in [0.25, 0.3) is 0 Å². The summed E-state index contributed by atoms with van der Waals surface area (Å²) < 4.78 is 0. The van der Waals surface area contributed by atoms with Gasteiger partial charge in [0.1, 0.15) is 0 Å². The second-order valence-electron chi connectivity index (χ2n) is 7.97. The van der Waals surface area contributed by atoms with E-state index in [1.165, 1.54) is 25.7 Å². The molecule has 110 valence electrons. The Kier molecular flexibility index (Phi) is 4.54. The molecule has 2 fully saturated rings. The monoisotopic (exact) mass is 266 g/mol. The van der Waals surface area contributed by atoms with Gasteiger partial charge < -0.3 is 11.1 Å². The average molecular weight is 266 g/mol. The molecule has 0 saturated heterocycles. The largest absolute Gasteiger partial charge is 0.355 e. The third-order valence-electron chi connectivity index (χ3n) is 4.77. The number of hydrogen-bond donors (Lipinski definition) is 2. The first-order valence-electron chi connectivity index (χ1n) is 7.86. The fraction of sp³-hybridized carbons (Fsp3) is 0.938. The van der Waals surface area contributed by atoms with Crippen LogP contribution in [0.25, 0.3) is 0 Å². The van der Waals surface area contributed by atoms with E-state index in [1.54, 1.807) is 0 Å². The van der Waals surface area contributed by atoms with E-state index in [1.807, 2.05) is 0 Å². The summed E-state index contributed by atoms with van der Waals surface area (Å²) >= 11 is 0. The Labute approximate surface area is 117 Å². The Morgan fingerprint density at radius 2 is 2.05 bits per heavy atom. The molecule has 0 radical (unpaired) electrons. The van der Waals surface area contributed by atoms with Gasteiger partial charge in [-0.2, -0.15) is 0 Å². The highest BCUT2D eigenvalue weighted by atomic mass is 16.1. The van der Waals surface area contributed by atoms with Crippen molar-refractivity contribution in [3.05, 3.63) is 0 Å². The average Bonchev–Trinajstić information content (AvgIpc) is 2.85. The third kappa shape index (κ3) is 4.48. The maximum atomic E-state index is 12.0. The van der Waals surface area contributed by atoms with Crippen molar-refractivity contribution in [2.45, 2.75) is 65.3 Å². The minimum atomic E-state index is 0.0731. The molecule has 0 aliphatic heterocycles. The zero-order valence-corrected chi connectivity index (χ0v) is 12.7. The molecule has 3 N–H and O–H groups in total. The lowest BCUT2D eigenvalue weighted by Gasteiger charge is -2.24. The van der Waals surface area contributed by atoms with E-state index in [2.05, 4.69) is 26.1 Å². The molecule has 0 aromatic heterocycles. The second-order valence-corrected chi connectivity index (χ2v) is 7.97. The van der Waals surface area contributed by atoms with Crippen LogP contribution in [0.1, 0.15) is 59.3 Å². The minimum Gasteiger partial charge on any atom is -0.355 e. The number of rotatable bonds is 5. The van der Waals surface area contributed by atoms with Crippen LogP contribution < -0.4 is 11.1 Å². The molecule has 2 saturated carbocycles. The van der Waals surface area contributed by atoms with E-state index < -0.39 is 0 Å². The molecule has 0 spiro atoms. The predicted octanol–water partition coefficient (Wildman–Crippen LogP) is 2.69. The van der Waals surface area contributed by atoms with Crippen LogP contribution in [0, 0.1) is 23.2 Å². The van der Waals surface area contributed by atoms with E-state index >= 15 is 0 Å². The van der Waals surface area contributed by atoms with Gasteiger partial charge in [0, 0.05) is 19.0 Å². The number of fused-ring (bicyclic) bond motifs is 2. The Bertz CT molecular complexity index is 321. The van der Waals surface area contributed by atoms with Crippen LogP contribution in [0.3, 0.4) is 0 Å². The molecule has 0 aromatic carbocycles. The smallest absolute Gasteiger partial charge is 0.220 e. The van der Waals surface area contributed by atoms with Gasteiger partial charge in [-0.25, -0.2) is 0 Å². The number of nitrogens with one attached hydrogen (secondary N) is 1. The van der Waals surface area contributed by atoms with Crippen molar-refractivity contribution in [3.63, 3.8) is 0 Å². The topological polar surface area (TPSA) is 55.1 Å². The lowest BCUT2D eigenvalue weighted by molar-refractivity contribution is -0.122. The molecule has 2 bridgehead atoms. The first-order chi connectivity index (χ1) is 8.83. The number of amides is 1. The fourth-order valence-corrected chi connectivity index (χ4v) is 4.04. The normalized spacial score (nSPS) is 31.5. The molecule has 3 nitrogen and oxygen atoms in total. The van der Waals surface area contributed by atoms with Gasteiger partial charge in [-0.3, -0.25) is 4.79 Å². The summed E-state index contributed by atoms with van der Waals surface area (Å²) in [5.74, 6) is 2.62. The predicted molar refractivity (Wildman–Crippen MR) is 78.6 cm³/mol. The highest BCUT2D eigenvalue weighted by molar-refractivity contribution is 5.76. The summed E-state index contributed by atoms with van der Waals surface area (Å²) in [6.07, 6.45) is 7.09. The van der Waals surface area contributed by atoms with E-state index in [-0.39, 0.29) is 17.4 Å². The summed E-state index contributed by atoms with van der Waals surface area (Å²) in [5.41, 5.74) is 6.29. The molecule has 2 aliphatic rings. The number of nitrogens with two attached hydrogens (primary N) is 1. The molecule has 3 heteroatoms. The van der Waals surface area contributed by atoms with Crippen LogP contribution in [0.2, 0.25) is 0 Å². The highest BCUT2D eigenvalue weighted by Gasteiger charge is 2.40. The van der Waals surface area contributed by atoms with E-state index in [0.29, 0.717) is 12.5 Å². The molecule has 1 amide bonds. The van der Waals surface area contributed by atoms with Crippen LogP contribution in [-0.2, 0) is 4.79 Å². The van der Waals surface area contributed by atoms with E-state index in [0.717, 1.165) is 24.7 Å². The Hall–Kier alpha value is -0.570. The Morgan fingerprint density at radius 3 is 2.58 bits per heavy atom. The van der Waals surface area contributed by atoms with Crippen LogP contribution in [0.4, 0.5) is 0 Å². The lowest BCUT2D eigenvalue weighted by atomic mass is 9.86. The van der Waals surface area contributed by atoms with Crippen molar-refractivity contribution in [2.24, 2.45) is 28.9 Å². The zero-order valence-electron chi connectivity index (χ0n) is 12.7. The maximum absolute atomic E-state index is 12.0. The molecular formula is C16H30N2O. The van der Waals surface area contributed by atoms with E-state index in [9.17, 15) is 4.79 Å². The number of carbonyl (C=O) groups excluding carboxylic acids is 1. The standard InChI is InChI=1S/C16H30N2O/c1-16(2,3)9-14(17)10-18-15(19)8-13-7-11-4-5-12(13)6-11/h11-14H,4-10,17H2,1-3H3,(H,18,19). The highest BCUT2D eigenvalue weighted by Crippen LogP contribution is 2.49. The van der Waals surface area contributed by atoms with Crippen LogP contribution >= 0.6 is 0 Å². The summed E-state index contributed by atoms with van der Waals surface area (Å²) in [6.45, 7) is 7.18. The van der Waals surface area contributed by atoms with Crippen molar-refractivity contribution < 1.29 is 4.79 Å². The maximum Gasteiger partial charge on any atom is 0.220 e. The van der Waals surface area contributed by atoms with Crippen LogP contribution in [-0.4, -0.2) is 18.5 Å². The molecule has 4 unspecified atom stereocenters. The summed E-state index contributed by atoms with van der Waals surface area (Å²) in [7, 11) is 0. The summed E-state index contributed by atoms with van der Waals surface area (Å²) in [6, 6.07) is 0.0731. The van der Waals surface area contributed by atoms with Crippen LogP contribution in [0.5, 0.6) is 0 Å². The van der Waals surface area contributed by atoms with Crippen molar-refractivity contribution in [1.29, 1.82) is 0 Å². The molecule has 2 rings (SSSR count). The number of hydrogen-bond acceptors (Lipinski definition) is 2. The van der Waals surface area contributed by atoms with Gasteiger partial charge in [0.15, 0.2) is 0 Å². The second kappa shape index (κ2) is 5.82. The Morgan fingerprint density at radius 1 is 1.32 bits per heavy atom. The van der Waals surface area contributed by atoms with Gasteiger partial charge >= 0.3 is 0 Å². The molecule has 0 aromatic rings. The van der Waals surface area contributed by atoms with Crippen molar-refractivity contribution in [1.82, 2.24) is 5.32 Å². The van der Waals surface area contributed by atoms with Gasteiger partial charge in [-0.1, -0.05) is 27.2 Å². The molecule has 2 aliphatic carbocycles. The Balaban J connectivity index is 1.65. The molecule has 19 heavy (non-hydrogen) atoms. The van der Waals surface area contributed by atoms with Crippen LogP contribution in [0.15, 0.2) is 0 Å². The van der Waals surface area contributed by atoms with Crippen molar-refractivity contribution in [2.75, 3.05) is 6.54 Å². The van der Waals surface area contributed by atoms with Gasteiger partial charge in [0.05, 0.1) is 0 Å². The molecule has 0 heterocycles. The zero-order chi connectivity index (χ0) is 14.0. The lowest BCUT2D eigenvalue weighted by Crippen LogP contribution is -2.40. The molecular weight excluding hydrogens is 236 g/mol. The van der Waals surface area contributed by atoms with Crippen molar-refractivity contribution >= 4 is 5.91 Å². The third-order valence-corrected chi connectivity index (χ3v) is 4.77. The first kappa shape index (κ1) is 14.8. The quantitative estimate of drug-likeness (QED) is 0.804. The summed E-state index contributed by atoms with van der Waals surface area (Å²) in [5, 5.41) is 3.03. The van der Waals surface area contributed by atoms with Gasteiger partial charge in [-0.05, 0) is 48.9 Å². The van der Waals surface area contributed by atoms with Gasteiger partial charge in [-0.15, -0.1) is 0 Å². The van der Waals surface area contributed by atoms with Gasteiger partial charge in [0.2, 0.25) is 5.91 Å². The first-order valence-corrected chi connectivity index (χ1v) is 7.86. The SMILES string of the molecule is CC(C)(C)CC(N)CNC(=O)CC1CC2CCC1C2. The van der Waals surface area contributed by atoms with E-state index in [4.69, 9.17) is 5.73 Å². The number of carbonyl (C=O) groups is 1. The fourth-order valence-electron chi connectivity index (χ4n) is 4.04. The van der Waals surface area contributed by atoms with Crippen molar-refractivity contribution in [3.8, 4) is 0 Å². The minimum absolute atomic E-state index is 0.0731.